The number of hydrogen-bond acceptors (Lipinski definition) is 5. The fourth-order valence-electron chi connectivity index (χ4n) is 2.70. The van der Waals surface area contributed by atoms with E-state index in [9.17, 15) is 9.59 Å². The van der Waals surface area contributed by atoms with Crippen LogP contribution in [-0.2, 0) is 14.5 Å². The average molecular weight is 357 g/mol. The summed E-state index contributed by atoms with van der Waals surface area (Å²) in [6, 6.07) is 14.5. The van der Waals surface area contributed by atoms with E-state index in [4.69, 9.17) is 9.57 Å². The highest BCUT2D eigenvalue weighted by molar-refractivity contribution is 8.01. The van der Waals surface area contributed by atoms with Gasteiger partial charge in [-0.05, 0) is 43.7 Å². The van der Waals surface area contributed by atoms with Gasteiger partial charge in [-0.2, -0.15) is 0 Å². The van der Waals surface area contributed by atoms with Crippen LogP contribution in [0.1, 0.15) is 28.4 Å². The number of benzene rings is 2. The Morgan fingerprint density at radius 1 is 1.20 bits per heavy atom. The van der Waals surface area contributed by atoms with Crippen molar-refractivity contribution in [2.75, 3.05) is 12.9 Å². The predicted molar refractivity (Wildman–Crippen MR) is 96.2 cm³/mol. The largest absolute Gasteiger partial charge is 0.497 e. The molecule has 0 aromatic heterocycles. The fourth-order valence-corrected chi connectivity index (χ4v) is 3.78. The second-order valence-corrected chi connectivity index (χ2v) is 7.31. The highest BCUT2D eigenvalue weighted by Gasteiger charge is 2.47. The molecule has 5 nitrogen and oxygen atoms in total. The molecular formula is C19H19NO4S. The summed E-state index contributed by atoms with van der Waals surface area (Å²) in [7, 11) is 1.60. The summed E-state index contributed by atoms with van der Waals surface area (Å²) in [5, 5.41) is 1.18. The maximum Gasteiger partial charge on any atom is 0.363 e. The Balaban J connectivity index is 1.87. The molecule has 1 heterocycles. The van der Waals surface area contributed by atoms with Crippen LogP contribution in [0.3, 0.4) is 0 Å². The monoisotopic (exact) mass is 357 g/mol. The molecule has 0 radical (unpaired) electrons. The molecule has 1 aliphatic heterocycles. The Morgan fingerprint density at radius 2 is 1.92 bits per heavy atom. The molecule has 2 aromatic rings. The normalized spacial score (nSPS) is 19.8. The highest BCUT2D eigenvalue weighted by Crippen LogP contribution is 2.45. The molecule has 130 valence electrons. The second kappa shape index (κ2) is 6.80. The molecular weight excluding hydrogens is 338 g/mol. The number of nitrogens with zero attached hydrogens (tertiary/aromatic N) is 1. The summed E-state index contributed by atoms with van der Waals surface area (Å²) in [6.07, 6.45) is 0. The Morgan fingerprint density at radius 3 is 2.56 bits per heavy atom. The van der Waals surface area contributed by atoms with Gasteiger partial charge in [0, 0.05) is 0 Å². The molecule has 1 atom stereocenters. The zero-order chi connectivity index (χ0) is 18.0. The maximum absolute atomic E-state index is 12.5. The number of thioether (sulfide) groups is 1. The molecule has 0 bridgehead atoms. The topological polar surface area (TPSA) is 55.8 Å². The number of carbonyl (C=O) groups excluding carboxylic acids is 2. The number of ether oxygens (including phenoxy) is 1. The second-order valence-electron chi connectivity index (χ2n) is 5.94. The van der Waals surface area contributed by atoms with Crippen LogP contribution in [0.2, 0.25) is 0 Å². The predicted octanol–water partition coefficient (Wildman–Crippen LogP) is 3.52. The Hall–Kier alpha value is -2.47. The van der Waals surface area contributed by atoms with Crippen LogP contribution in [0.15, 0.2) is 48.5 Å². The fraction of sp³-hybridized carbons (Fsp3) is 0.263. The van der Waals surface area contributed by atoms with Gasteiger partial charge in [-0.1, -0.05) is 29.8 Å². The molecule has 0 spiro atoms. The van der Waals surface area contributed by atoms with E-state index < -0.39 is 10.8 Å². The molecule has 1 unspecified atom stereocenters. The van der Waals surface area contributed by atoms with Crippen LogP contribution < -0.4 is 4.74 Å². The van der Waals surface area contributed by atoms with Crippen molar-refractivity contribution in [2.45, 2.75) is 18.7 Å². The standard InChI is InChI=1S/C19H19NO4S/c1-13-5-4-6-14(11-13)18(22)24-20-17(21)12-25-19(20,2)15-7-9-16(23-3)10-8-15/h4-11H,12H2,1-3H3. The van der Waals surface area contributed by atoms with Crippen LogP contribution in [-0.4, -0.2) is 29.8 Å². The van der Waals surface area contributed by atoms with Gasteiger partial charge in [0.15, 0.2) is 0 Å². The zero-order valence-electron chi connectivity index (χ0n) is 14.3. The first-order chi connectivity index (χ1) is 11.9. The van der Waals surface area contributed by atoms with E-state index >= 15 is 0 Å². The number of hydrogen-bond donors (Lipinski definition) is 0. The number of methoxy groups -OCH3 is 1. The first-order valence-electron chi connectivity index (χ1n) is 7.84. The van der Waals surface area contributed by atoms with E-state index in [1.54, 1.807) is 25.3 Å². The molecule has 25 heavy (non-hydrogen) atoms. The quantitative estimate of drug-likeness (QED) is 0.838. The molecule has 1 fully saturated rings. The van der Waals surface area contributed by atoms with E-state index in [1.807, 2.05) is 44.2 Å². The Labute approximate surface area is 150 Å². The third-order valence-electron chi connectivity index (χ3n) is 4.14. The van der Waals surface area contributed by atoms with Crippen LogP contribution >= 0.6 is 11.8 Å². The zero-order valence-corrected chi connectivity index (χ0v) is 15.1. The van der Waals surface area contributed by atoms with Crippen molar-refractivity contribution in [1.82, 2.24) is 5.06 Å². The minimum atomic E-state index is -0.775. The van der Waals surface area contributed by atoms with Crippen molar-refractivity contribution in [2.24, 2.45) is 0 Å². The van der Waals surface area contributed by atoms with Crippen molar-refractivity contribution < 1.29 is 19.2 Å². The van der Waals surface area contributed by atoms with E-state index in [0.29, 0.717) is 5.56 Å². The summed E-state index contributed by atoms with van der Waals surface area (Å²) in [6.45, 7) is 3.77. The van der Waals surface area contributed by atoms with E-state index in [0.717, 1.165) is 16.9 Å². The van der Waals surface area contributed by atoms with E-state index in [1.165, 1.54) is 16.8 Å². The van der Waals surface area contributed by atoms with Gasteiger partial charge >= 0.3 is 5.97 Å². The number of carbonyl (C=O) groups is 2. The first-order valence-corrected chi connectivity index (χ1v) is 8.83. The van der Waals surface area contributed by atoms with Crippen molar-refractivity contribution in [3.05, 3.63) is 65.2 Å². The molecule has 1 amide bonds. The highest BCUT2D eigenvalue weighted by atomic mass is 32.2. The number of aryl methyl sites for hydroxylation is 1. The van der Waals surface area contributed by atoms with E-state index in [-0.39, 0.29) is 11.7 Å². The van der Waals surface area contributed by atoms with Gasteiger partial charge in [0.25, 0.3) is 5.91 Å². The molecule has 1 aliphatic rings. The third kappa shape index (κ3) is 3.35. The molecule has 0 aliphatic carbocycles. The van der Waals surface area contributed by atoms with Crippen LogP contribution in [0.4, 0.5) is 0 Å². The smallest absolute Gasteiger partial charge is 0.363 e. The maximum atomic E-state index is 12.5. The third-order valence-corrected chi connectivity index (χ3v) is 5.50. The summed E-state index contributed by atoms with van der Waals surface area (Å²) in [5.41, 5.74) is 2.23. The lowest BCUT2D eigenvalue weighted by molar-refractivity contribution is -0.175. The minimum absolute atomic E-state index is 0.232. The number of amides is 1. The minimum Gasteiger partial charge on any atom is -0.497 e. The SMILES string of the molecule is COc1ccc(C2(C)SCC(=O)N2OC(=O)c2cccc(C)c2)cc1. The van der Waals surface area contributed by atoms with Gasteiger partial charge in [0.1, 0.15) is 10.6 Å². The van der Waals surface area contributed by atoms with Gasteiger partial charge in [0.2, 0.25) is 0 Å². The van der Waals surface area contributed by atoms with Crippen molar-refractivity contribution >= 4 is 23.6 Å². The van der Waals surface area contributed by atoms with E-state index in [2.05, 4.69) is 0 Å². The van der Waals surface area contributed by atoms with Crippen LogP contribution in [0.5, 0.6) is 5.75 Å². The van der Waals surface area contributed by atoms with Gasteiger partial charge in [-0.3, -0.25) is 4.79 Å². The lowest BCUT2D eigenvalue weighted by atomic mass is 10.1. The summed E-state index contributed by atoms with van der Waals surface area (Å²) < 4.78 is 5.17. The lowest BCUT2D eigenvalue weighted by Crippen LogP contribution is -2.41. The van der Waals surface area contributed by atoms with Gasteiger partial charge in [-0.15, -0.1) is 16.8 Å². The summed E-state index contributed by atoms with van der Waals surface area (Å²) in [4.78, 5) is 29.5. The van der Waals surface area contributed by atoms with Crippen molar-refractivity contribution in [3.63, 3.8) is 0 Å². The molecule has 1 saturated heterocycles. The van der Waals surface area contributed by atoms with Crippen molar-refractivity contribution in [1.29, 1.82) is 0 Å². The van der Waals surface area contributed by atoms with Crippen molar-refractivity contribution in [3.8, 4) is 5.75 Å². The molecule has 0 saturated carbocycles. The molecule has 2 aromatic carbocycles. The molecule has 0 N–H and O–H groups in total. The van der Waals surface area contributed by atoms with Crippen LogP contribution in [0.25, 0.3) is 0 Å². The molecule has 3 rings (SSSR count). The first kappa shape index (κ1) is 17.4. The van der Waals surface area contributed by atoms with Gasteiger partial charge in [0.05, 0.1) is 18.4 Å². The van der Waals surface area contributed by atoms with Crippen LogP contribution in [0, 0.1) is 6.92 Å². The number of rotatable bonds is 4. The Kier molecular flexibility index (Phi) is 4.72. The summed E-state index contributed by atoms with van der Waals surface area (Å²) >= 11 is 1.43. The lowest BCUT2D eigenvalue weighted by Gasteiger charge is -2.32. The molecule has 6 heteroatoms. The Bertz CT molecular complexity index is 805. The van der Waals surface area contributed by atoms with Gasteiger partial charge in [-0.25, -0.2) is 4.79 Å². The number of hydroxylamine groups is 2. The van der Waals surface area contributed by atoms with Gasteiger partial charge < -0.3 is 9.57 Å². The summed E-state index contributed by atoms with van der Waals surface area (Å²) in [5.74, 6) is 0.206. The average Bonchev–Trinajstić information content (AvgIpc) is 2.91.